The van der Waals surface area contributed by atoms with Crippen LogP contribution in [0, 0.1) is 0 Å². The summed E-state index contributed by atoms with van der Waals surface area (Å²) in [4.78, 5) is 38.0. The summed E-state index contributed by atoms with van der Waals surface area (Å²) in [6.07, 6.45) is 1.21. The normalized spacial score (nSPS) is 14.1. The van der Waals surface area contributed by atoms with Gasteiger partial charge >= 0.3 is 0 Å². The molecule has 2 aromatic carbocycles. The van der Waals surface area contributed by atoms with Crippen LogP contribution in [0.15, 0.2) is 55.1 Å². The van der Waals surface area contributed by atoms with Crippen LogP contribution in [0.25, 0.3) is 0 Å². The average Bonchev–Trinajstić information content (AvgIpc) is 2.65. The summed E-state index contributed by atoms with van der Waals surface area (Å²) in [5.74, 6) is -1.81. The molecular weight excluding hydrogens is 366 g/mol. The lowest BCUT2D eigenvalue weighted by atomic mass is 9.83. The summed E-state index contributed by atoms with van der Waals surface area (Å²) in [5, 5.41) is 1.16. The van der Waals surface area contributed by atoms with Gasteiger partial charge in [0.15, 0.2) is 21.4 Å². The lowest BCUT2D eigenvalue weighted by Gasteiger charge is -2.21. The zero-order valence-corrected chi connectivity index (χ0v) is 15.4. The van der Waals surface area contributed by atoms with Gasteiger partial charge < -0.3 is 5.32 Å². The Bertz CT molecular complexity index is 1090. The predicted octanol–water partition coefficient (Wildman–Crippen LogP) is 2.39. The maximum atomic E-state index is 12.9. The van der Waals surface area contributed by atoms with Gasteiger partial charge in [-0.15, -0.1) is 6.58 Å². The smallest absolute Gasteiger partial charge is 0.242 e. The lowest BCUT2D eigenvalue weighted by Crippen LogP contribution is -2.34. The van der Waals surface area contributed by atoms with Gasteiger partial charge in [-0.2, -0.15) is 0 Å². The van der Waals surface area contributed by atoms with E-state index in [1.807, 2.05) is 0 Å². The summed E-state index contributed by atoms with van der Waals surface area (Å²) in [5.41, 5.74) is 0.927. The number of ketones is 2. The Morgan fingerprint density at radius 3 is 2.26 bits per heavy atom. The number of rotatable bonds is 5. The van der Waals surface area contributed by atoms with Gasteiger partial charge in [0.2, 0.25) is 5.91 Å². The summed E-state index contributed by atoms with van der Waals surface area (Å²) >= 11 is 0. The van der Waals surface area contributed by atoms with Crippen LogP contribution in [-0.2, 0) is 14.6 Å². The maximum absolute atomic E-state index is 12.9. The number of fused-ring (bicyclic) bond motifs is 2. The number of hydrogen-bond acceptors (Lipinski definition) is 5. The monoisotopic (exact) mass is 383 g/mol. The molecule has 0 saturated carbocycles. The number of hydrogen-bond donors (Lipinski definition) is 1. The van der Waals surface area contributed by atoms with Crippen LogP contribution in [0.1, 0.15) is 38.8 Å². The molecule has 6 nitrogen and oxygen atoms in total. The predicted molar refractivity (Wildman–Crippen MR) is 102 cm³/mol. The Morgan fingerprint density at radius 2 is 1.63 bits per heavy atom. The minimum Gasteiger partial charge on any atom is -0.324 e. The maximum Gasteiger partial charge on any atom is 0.242 e. The standard InChI is InChI=1S/C20H17NO5S/c1-3-11-27(25,26)12(2)20(24)21-16-10-6-9-15-17(16)19(23)14-8-5-4-7-13(14)18(15)22/h3-10,12H,1,11H2,2H3,(H,21,24). The minimum absolute atomic E-state index is 0.0721. The highest BCUT2D eigenvalue weighted by molar-refractivity contribution is 7.92. The molecule has 1 atom stereocenters. The molecule has 0 spiro atoms. The SMILES string of the molecule is C=CCS(=O)(=O)C(C)C(=O)Nc1cccc2c1C(=O)c1ccccc1C2=O. The van der Waals surface area contributed by atoms with Crippen molar-refractivity contribution in [2.24, 2.45) is 0 Å². The Morgan fingerprint density at radius 1 is 1.04 bits per heavy atom. The van der Waals surface area contributed by atoms with Crippen molar-refractivity contribution in [1.29, 1.82) is 0 Å². The molecule has 1 unspecified atom stereocenters. The summed E-state index contributed by atoms with van der Waals surface area (Å²) in [6.45, 7) is 4.65. The third kappa shape index (κ3) is 3.21. The van der Waals surface area contributed by atoms with E-state index in [1.165, 1.54) is 31.2 Å². The fraction of sp³-hybridized carbons (Fsp3) is 0.150. The van der Waals surface area contributed by atoms with Crippen molar-refractivity contribution in [2.45, 2.75) is 12.2 Å². The molecule has 7 heteroatoms. The third-order valence-corrected chi connectivity index (χ3v) is 6.46. The molecule has 0 saturated heterocycles. The second-order valence-corrected chi connectivity index (χ2v) is 8.55. The highest BCUT2D eigenvalue weighted by Gasteiger charge is 2.33. The highest BCUT2D eigenvalue weighted by atomic mass is 32.2. The van der Waals surface area contributed by atoms with Crippen LogP contribution in [0.2, 0.25) is 0 Å². The molecule has 138 valence electrons. The van der Waals surface area contributed by atoms with Crippen LogP contribution in [0.4, 0.5) is 5.69 Å². The van der Waals surface area contributed by atoms with Crippen molar-refractivity contribution in [3.63, 3.8) is 0 Å². The highest BCUT2D eigenvalue weighted by Crippen LogP contribution is 2.32. The zero-order valence-electron chi connectivity index (χ0n) is 14.6. The largest absolute Gasteiger partial charge is 0.324 e. The van der Waals surface area contributed by atoms with Crippen molar-refractivity contribution < 1.29 is 22.8 Å². The Hall–Kier alpha value is -3.06. The van der Waals surface area contributed by atoms with Crippen LogP contribution in [0.3, 0.4) is 0 Å². The average molecular weight is 383 g/mol. The second kappa shape index (κ2) is 6.92. The van der Waals surface area contributed by atoms with E-state index in [0.29, 0.717) is 5.56 Å². The van der Waals surface area contributed by atoms with Crippen LogP contribution >= 0.6 is 0 Å². The Balaban J connectivity index is 2.01. The molecular formula is C20H17NO5S. The Labute approximate surface area is 156 Å². The van der Waals surface area contributed by atoms with Gasteiger partial charge in [0, 0.05) is 16.7 Å². The molecule has 0 aliphatic heterocycles. The molecule has 0 radical (unpaired) electrons. The molecule has 1 amide bonds. The molecule has 1 N–H and O–H groups in total. The fourth-order valence-electron chi connectivity index (χ4n) is 2.96. The van der Waals surface area contributed by atoms with Crippen molar-refractivity contribution in [2.75, 3.05) is 11.1 Å². The van der Waals surface area contributed by atoms with E-state index in [-0.39, 0.29) is 33.9 Å². The second-order valence-electron chi connectivity index (χ2n) is 6.18. The fourth-order valence-corrected chi connectivity index (χ4v) is 3.96. The molecule has 2 aromatic rings. The van der Waals surface area contributed by atoms with E-state index in [2.05, 4.69) is 11.9 Å². The van der Waals surface area contributed by atoms with Crippen molar-refractivity contribution in [3.8, 4) is 0 Å². The molecule has 0 heterocycles. The topological polar surface area (TPSA) is 97.4 Å². The van der Waals surface area contributed by atoms with Crippen LogP contribution in [-0.4, -0.2) is 36.9 Å². The van der Waals surface area contributed by atoms with Crippen molar-refractivity contribution in [3.05, 3.63) is 77.4 Å². The lowest BCUT2D eigenvalue weighted by molar-refractivity contribution is -0.115. The first-order chi connectivity index (χ1) is 12.8. The minimum atomic E-state index is -3.71. The van der Waals surface area contributed by atoms with Gasteiger partial charge in [-0.1, -0.05) is 42.5 Å². The number of carbonyl (C=O) groups excluding carboxylic acids is 3. The van der Waals surface area contributed by atoms with Gasteiger partial charge in [0.05, 0.1) is 17.0 Å². The molecule has 3 rings (SSSR count). The van der Waals surface area contributed by atoms with Gasteiger partial charge in [0.1, 0.15) is 5.25 Å². The van der Waals surface area contributed by atoms with Gasteiger partial charge in [-0.25, -0.2) is 8.42 Å². The van der Waals surface area contributed by atoms with E-state index in [0.717, 1.165) is 0 Å². The number of carbonyl (C=O) groups is 3. The first-order valence-electron chi connectivity index (χ1n) is 8.22. The zero-order chi connectivity index (χ0) is 19.8. The molecule has 0 bridgehead atoms. The van der Waals surface area contributed by atoms with E-state index in [9.17, 15) is 22.8 Å². The van der Waals surface area contributed by atoms with Crippen molar-refractivity contribution >= 4 is 33.0 Å². The summed E-state index contributed by atoms with van der Waals surface area (Å²) in [7, 11) is -3.71. The van der Waals surface area contributed by atoms with Crippen molar-refractivity contribution in [1.82, 2.24) is 0 Å². The van der Waals surface area contributed by atoms with Gasteiger partial charge in [-0.05, 0) is 13.0 Å². The molecule has 1 aliphatic rings. The van der Waals surface area contributed by atoms with E-state index >= 15 is 0 Å². The van der Waals surface area contributed by atoms with E-state index in [4.69, 9.17) is 0 Å². The quantitative estimate of drug-likeness (QED) is 0.682. The first kappa shape index (κ1) is 18.7. The molecule has 0 fully saturated rings. The van der Waals surface area contributed by atoms with E-state index < -0.39 is 26.8 Å². The Kier molecular flexibility index (Phi) is 4.80. The number of sulfone groups is 1. The molecule has 27 heavy (non-hydrogen) atoms. The van der Waals surface area contributed by atoms with Crippen LogP contribution < -0.4 is 5.32 Å². The summed E-state index contributed by atoms with van der Waals surface area (Å²) in [6, 6.07) is 11.0. The molecule has 1 aliphatic carbocycles. The van der Waals surface area contributed by atoms with E-state index in [1.54, 1.807) is 24.3 Å². The summed E-state index contributed by atoms with van der Waals surface area (Å²) < 4.78 is 24.2. The number of benzene rings is 2. The number of nitrogens with one attached hydrogen (secondary N) is 1. The van der Waals surface area contributed by atoms with Crippen LogP contribution in [0.5, 0.6) is 0 Å². The number of anilines is 1. The number of amides is 1. The first-order valence-corrected chi connectivity index (χ1v) is 9.94. The third-order valence-electron chi connectivity index (χ3n) is 4.47. The molecule has 0 aromatic heterocycles. The van der Waals surface area contributed by atoms with Gasteiger partial charge in [-0.3, -0.25) is 14.4 Å². The van der Waals surface area contributed by atoms with Gasteiger partial charge in [0.25, 0.3) is 0 Å².